The van der Waals surface area contributed by atoms with Gasteiger partial charge in [0.25, 0.3) is 5.91 Å². The number of carbonyl (C=O) groups is 2. The van der Waals surface area contributed by atoms with Crippen LogP contribution in [-0.2, 0) is 16.1 Å². The van der Waals surface area contributed by atoms with Crippen molar-refractivity contribution in [3.63, 3.8) is 0 Å². The fourth-order valence-electron chi connectivity index (χ4n) is 4.95. The molecule has 30 heavy (non-hydrogen) atoms. The molecule has 3 heterocycles. The van der Waals surface area contributed by atoms with Gasteiger partial charge in [0, 0.05) is 25.8 Å². The minimum Gasteiger partial charge on any atom is -0.382 e. The first kappa shape index (κ1) is 21.4. The second-order valence-electron chi connectivity index (χ2n) is 8.91. The van der Waals surface area contributed by atoms with E-state index in [0.29, 0.717) is 37.9 Å². The molecule has 0 saturated heterocycles. The van der Waals surface area contributed by atoms with Crippen LogP contribution in [0.25, 0.3) is 10.2 Å². The van der Waals surface area contributed by atoms with Gasteiger partial charge in [0.05, 0.1) is 16.8 Å². The quantitative estimate of drug-likeness (QED) is 0.673. The van der Waals surface area contributed by atoms with Crippen molar-refractivity contribution in [2.45, 2.75) is 71.0 Å². The minimum absolute atomic E-state index is 0.0336. The monoisotopic (exact) mass is 431 g/mol. The van der Waals surface area contributed by atoms with Crippen LogP contribution in [0.15, 0.2) is 17.5 Å². The van der Waals surface area contributed by atoms with E-state index in [1.807, 2.05) is 35.9 Å². The zero-order valence-electron chi connectivity index (χ0n) is 18.3. The third-order valence-electron chi connectivity index (χ3n) is 6.84. The molecule has 1 saturated carbocycles. The largest absolute Gasteiger partial charge is 0.382 e. The first-order valence-corrected chi connectivity index (χ1v) is 12.1. The molecule has 0 bridgehead atoms. The van der Waals surface area contributed by atoms with Crippen molar-refractivity contribution in [3.8, 4) is 0 Å². The smallest absolute Gasteiger partial charge is 0.271 e. The zero-order valence-corrected chi connectivity index (χ0v) is 19.1. The summed E-state index contributed by atoms with van der Waals surface area (Å²) in [5.74, 6) is 0.381. The molecule has 164 valence electrons. The van der Waals surface area contributed by atoms with Crippen molar-refractivity contribution in [1.29, 1.82) is 0 Å². The van der Waals surface area contributed by atoms with Crippen LogP contribution in [0.2, 0.25) is 0 Å². The van der Waals surface area contributed by atoms with Crippen molar-refractivity contribution in [2.24, 2.45) is 5.92 Å². The van der Waals surface area contributed by atoms with Crippen LogP contribution in [-0.4, -0.2) is 52.6 Å². The molecule has 6 nitrogen and oxygen atoms in total. The SMILES string of the molecule is CCOCCCN1C(=O)c2cc3sccc3n2C[C@]1(C)C(=O)N[C@@H]1CCCC[C@@H]1C. The molecule has 3 atom stereocenters. The number of nitrogens with zero attached hydrogens (tertiary/aromatic N) is 2. The Morgan fingerprint density at radius 2 is 2.17 bits per heavy atom. The lowest BCUT2D eigenvalue weighted by molar-refractivity contribution is -0.134. The predicted octanol–water partition coefficient (Wildman–Crippen LogP) is 4.04. The van der Waals surface area contributed by atoms with E-state index in [9.17, 15) is 9.59 Å². The van der Waals surface area contributed by atoms with Crippen LogP contribution in [0.1, 0.15) is 63.4 Å². The Bertz CT molecular complexity index is 920. The highest BCUT2D eigenvalue weighted by Crippen LogP contribution is 2.35. The maximum atomic E-state index is 13.6. The molecule has 1 N–H and O–H groups in total. The summed E-state index contributed by atoms with van der Waals surface area (Å²) in [5, 5.41) is 5.36. The van der Waals surface area contributed by atoms with E-state index in [-0.39, 0.29) is 17.9 Å². The van der Waals surface area contributed by atoms with Gasteiger partial charge in [-0.15, -0.1) is 11.3 Å². The van der Waals surface area contributed by atoms with Gasteiger partial charge in [-0.2, -0.15) is 0 Å². The molecular weight excluding hydrogens is 398 g/mol. The highest BCUT2D eigenvalue weighted by Gasteiger charge is 2.48. The number of rotatable bonds is 7. The lowest BCUT2D eigenvalue weighted by atomic mass is 9.85. The van der Waals surface area contributed by atoms with E-state index in [1.54, 1.807) is 16.2 Å². The average molecular weight is 432 g/mol. The van der Waals surface area contributed by atoms with Crippen molar-refractivity contribution < 1.29 is 14.3 Å². The Kier molecular flexibility index (Phi) is 6.21. The highest BCUT2D eigenvalue weighted by atomic mass is 32.1. The number of aromatic nitrogens is 1. The van der Waals surface area contributed by atoms with Crippen molar-refractivity contribution >= 4 is 33.4 Å². The second-order valence-corrected chi connectivity index (χ2v) is 9.86. The summed E-state index contributed by atoms with van der Waals surface area (Å²) in [5.41, 5.74) is 0.813. The molecule has 0 spiro atoms. The van der Waals surface area contributed by atoms with Crippen molar-refractivity contribution in [2.75, 3.05) is 19.8 Å². The number of amides is 2. The number of thiophene rings is 1. The van der Waals surface area contributed by atoms with Crippen LogP contribution in [0.4, 0.5) is 0 Å². The highest BCUT2D eigenvalue weighted by molar-refractivity contribution is 7.17. The van der Waals surface area contributed by atoms with Crippen LogP contribution in [0.3, 0.4) is 0 Å². The number of hydrogen-bond acceptors (Lipinski definition) is 4. The number of fused-ring (bicyclic) bond motifs is 3. The maximum absolute atomic E-state index is 13.6. The van der Waals surface area contributed by atoms with E-state index in [1.165, 1.54) is 6.42 Å². The number of ether oxygens (including phenoxy) is 1. The molecule has 2 aromatic heterocycles. The Balaban J connectivity index is 1.63. The van der Waals surface area contributed by atoms with E-state index >= 15 is 0 Å². The minimum atomic E-state index is -0.915. The van der Waals surface area contributed by atoms with E-state index in [0.717, 1.165) is 35.9 Å². The molecule has 4 rings (SSSR count). The van der Waals surface area contributed by atoms with Gasteiger partial charge in [-0.3, -0.25) is 9.59 Å². The summed E-state index contributed by atoms with van der Waals surface area (Å²) in [7, 11) is 0. The summed E-state index contributed by atoms with van der Waals surface area (Å²) in [6.07, 6.45) is 5.27. The molecule has 1 fully saturated rings. The Hall–Kier alpha value is -1.86. The Morgan fingerprint density at radius 3 is 2.93 bits per heavy atom. The van der Waals surface area contributed by atoms with Crippen LogP contribution >= 0.6 is 11.3 Å². The van der Waals surface area contributed by atoms with Gasteiger partial charge < -0.3 is 19.5 Å². The van der Waals surface area contributed by atoms with Gasteiger partial charge in [-0.1, -0.05) is 19.8 Å². The average Bonchev–Trinajstić information content (AvgIpc) is 3.31. The van der Waals surface area contributed by atoms with Gasteiger partial charge in [-0.05, 0) is 56.5 Å². The third-order valence-corrected chi connectivity index (χ3v) is 7.69. The summed E-state index contributed by atoms with van der Waals surface area (Å²) in [6.45, 7) is 8.36. The molecule has 2 amide bonds. The number of hydrogen-bond donors (Lipinski definition) is 1. The van der Waals surface area contributed by atoms with E-state index < -0.39 is 5.54 Å². The lowest BCUT2D eigenvalue weighted by Crippen LogP contribution is -2.65. The summed E-state index contributed by atoms with van der Waals surface area (Å²) >= 11 is 1.63. The predicted molar refractivity (Wildman–Crippen MR) is 120 cm³/mol. The molecular formula is C23H33N3O3S. The van der Waals surface area contributed by atoms with Crippen LogP contribution < -0.4 is 5.32 Å². The topological polar surface area (TPSA) is 63.6 Å². The zero-order chi connectivity index (χ0) is 21.3. The first-order chi connectivity index (χ1) is 14.5. The normalized spacial score (nSPS) is 26.8. The molecule has 7 heteroatoms. The van der Waals surface area contributed by atoms with Gasteiger partial charge in [0.1, 0.15) is 11.2 Å². The van der Waals surface area contributed by atoms with E-state index in [4.69, 9.17) is 4.74 Å². The number of carbonyl (C=O) groups excluding carboxylic acids is 2. The molecule has 1 aliphatic carbocycles. The standard InChI is InChI=1S/C23H33N3O3S/c1-4-29-12-7-11-26-21(27)19-14-20-18(10-13-30-20)25(19)15-23(26,3)22(28)24-17-9-6-5-8-16(17)2/h10,13-14,16-17H,4-9,11-12,15H2,1-3H3,(H,24,28)/t16-,17+,23+/m0/s1. The lowest BCUT2D eigenvalue weighted by Gasteiger charge is -2.45. The second kappa shape index (κ2) is 8.71. The van der Waals surface area contributed by atoms with Crippen molar-refractivity contribution in [3.05, 3.63) is 23.2 Å². The maximum Gasteiger partial charge on any atom is 0.271 e. The van der Waals surface area contributed by atoms with Gasteiger partial charge in [-0.25, -0.2) is 0 Å². The van der Waals surface area contributed by atoms with Crippen molar-refractivity contribution in [1.82, 2.24) is 14.8 Å². The van der Waals surface area contributed by atoms with Crippen LogP contribution in [0.5, 0.6) is 0 Å². The van der Waals surface area contributed by atoms with Crippen LogP contribution in [0, 0.1) is 5.92 Å². The molecule has 2 aliphatic rings. The number of nitrogens with one attached hydrogen (secondary N) is 1. The Labute approximate surface area is 182 Å². The Morgan fingerprint density at radius 1 is 1.37 bits per heavy atom. The molecule has 0 radical (unpaired) electrons. The molecule has 2 aromatic rings. The van der Waals surface area contributed by atoms with Gasteiger partial charge >= 0.3 is 0 Å². The molecule has 1 aliphatic heterocycles. The fourth-order valence-corrected chi connectivity index (χ4v) is 5.77. The fraction of sp³-hybridized carbons (Fsp3) is 0.652. The third kappa shape index (κ3) is 3.78. The summed E-state index contributed by atoms with van der Waals surface area (Å²) < 4.78 is 8.62. The molecule has 0 unspecified atom stereocenters. The summed E-state index contributed by atoms with van der Waals surface area (Å²) in [4.78, 5) is 28.9. The molecule has 0 aromatic carbocycles. The summed E-state index contributed by atoms with van der Waals surface area (Å²) in [6, 6.07) is 4.21. The van der Waals surface area contributed by atoms with E-state index in [2.05, 4.69) is 12.2 Å². The van der Waals surface area contributed by atoms with Gasteiger partial charge in [0.15, 0.2) is 0 Å². The first-order valence-electron chi connectivity index (χ1n) is 11.2. The van der Waals surface area contributed by atoms with Gasteiger partial charge in [0.2, 0.25) is 5.91 Å².